The molecule has 2 aromatic carbocycles. The Kier molecular flexibility index (Phi) is 6.04. The molecule has 30 heavy (non-hydrogen) atoms. The van der Waals surface area contributed by atoms with Crippen molar-refractivity contribution >= 4 is 5.91 Å². The Balaban J connectivity index is 1.66. The number of benzene rings is 2. The minimum absolute atomic E-state index is 0.0712. The molecule has 8 heteroatoms. The van der Waals surface area contributed by atoms with Crippen molar-refractivity contribution < 1.29 is 9.53 Å². The van der Waals surface area contributed by atoms with Crippen molar-refractivity contribution in [1.29, 1.82) is 0 Å². The number of hydrogen-bond acceptors (Lipinski definition) is 6. The van der Waals surface area contributed by atoms with Crippen LogP contribution in [0, 0.1) is 5.92 Å². The zero-order valence-electron chi connectivity index (χ0n) is 17.0. The molecule has 0 aliphatic carbocycles. The molecule has 1 amide bonds. The highest BCUT2D eigenvalue weighted by Gasteiger charge is 2.32. The fraction of sp³-hybridized carbons (Fsp3) is 0.364. The molecule has 2 heterocycles. The van der Waals surface area contributed by atoms with Crippen molar-refractivity contribution in [3.8, 4) is 5.75 Å². The maximum Gasteiger partial charge on any atom is 0.220 e. The predicted molar refractivity (Wildman–Crippen MR) is 112 cm³/mol. The molecule has 1 atom stereocenters. The van der Waals surface area contributed by atoms with Crippen LogP contribution in [0.5, 0.6) is 5.75 Å². The number of piperidine rings is 1. The molecule has 2 N–H and O–H groups in total. The number of nitrogens with zero attached hydrogens (tertiary/aromatic N) is 5. The van der Waals surface area contributed by atoms with E-state index in [1.54, 1.807) is 7.11 Å². The van der Waals surface area contributed by atoms with Crippen LogP contribution in [0.2, 0.25) is 0 Å². The number of primary amides is 1. The highest BCUT2D eigenvalue weighted by Crippen LogP contribution is 2.32. The number of ether oxygens (including phenoxy) is 1. The Morgan fingerprint density at radius 3 is 2.47 bits per heavy atom. The third kappa shape index (κ3) is 4.33. The van der Waals surface area contributed by atoms with Gasteiger partial charge in [-0.2, -0.15) is 0 Å². The third-order valence-corrected chi connectivity index (χ3v) is 5.71. The number of likely N-dealkylation sites (tertiary alicyclic amines) is 1. The van der Waals surface area contributed by atoms with E-state index in [4.69, 9.17) is 10.5 Å². The maximum atomic E-state index is 11.6. The lowest BCUT2D eigenvalue weighted by atomic mass is 9.93. The second-order valence-electron chi connectivity index (χ2n) is 7.57. The van der Waals surface area contributed by atoms with Gasteiger partial charge in [-0.1, -0.05) is 42.5 Å². The zero-order valence-corrected chi connectivity index (χ0v) is 17.0. The van der Waals surface area contributed by atoms with Gasteiger partial charge in [0.25, 0.3) is 0 Å². The van der Waals surface area contributed by atoms with Crippen molar-refractivity contribution in [1.82, 2.24) is 25.1 Å². The van der Waals surface area contributed by atoms with E-state index >= 15 is 0 Å². The number of carbonyl (C=O) groups is 1. The topological polar surface area (TPSA) is 99.2 Å². The van der Waals surface area contributed by atoms with E-state index in [1.165, 1.54) is 0 Å². The molecule has 8 nitrogen and oxygen atoms in total. The molecular weight excluding hydrogens is 380 g/mol. The summed E-state index contributed by atoms with van der Waals surface area (Å²) in [7, 11) is 1.65. The molecule has 4 rings (SSSR count). The largest absolute Gasteiger partial charge is 0.497 e. The van der Waals surface area contributed by atoms with Crippen molar-refractivity contribution in [2.75, 3.05) is 20.2 Å². The highest BCUT2D eigenvalue weighted by molar-refractivity contribution is 5.76. The molecule has 0 bridgehead atoms. The van der Waals surface area contributed by atoms with Gasteiger partial charge < -0.3 is 10.5 Å². The van der Waals surface area contributed by atoms with Crippen LogP contribution in [0.3, 0.4) is 0 Å². The van der Waals surface area contributed by atoms with E-state index in [-0.39, 0.29) is 17.9 Å². The van der Waals surface area contributed by atoms with Gasteiger partial charge in [0.1, 0.15) is 5.75 Å². The Bertz CT molecular complexity index is 965. The summed E-state index contributed by atoms with van der Waals surface area (Å²) in [4.78, 5) is 13.9. The number of amides is 1. The molecule has 1 fully saturated rings. The second-order valence-corrected chi connectivity index (χ2v) is 7.57. The molecule has 1 saturated heterocycles. The highest BCUT2D eigenvalue weighted by atomic mass is 16.5. The van der Waals surface area contributed by atoms with Crippen molar-refractivity contribution in [2.24, 2.45) is 11.7 Å². The van der Waals surface area contributed by atoms with Crippen LogP contribution in [-0.4, -0.2) is 51.2 Å². The first-order chi connectivity index (χ1) is 14.7. The minimum atomic E-state index is -0.218. The van der Waals surface area contributed by atoms with Gasteiger partial charge in [0.2, 0.25) is 5.91 Å². The quantitative estimate of drug-likeness (QED) is 0.644. The molecule has 1 aliphatic rings. The van der Waals surface area contributed by atoms with Gasteiger partial charge in [-0.3, -0.25) is 9.69 Å². The number of nitrogens with two attached hydrogens (primary N) is 1. The summed E-state index contributed by atoms with van der Waals surface area (Å²) in [5.41, 5.74) is 7.74. The summed E-state index contributed by atoms with van der Waals surface area (Å²) in [5.74, 6) is 1.29. The zero-order chi connectivity index (χ0) is 20.9. The van der Waals surface area contributed by atoms with Crippen LogP contribution in [0.25, 0.3) is 0 Å². The number of hydrogen-bond donors (Lipinski definition) is 1. The summed E-state index contributed by atoms with van der Waals surface area (Å²) in [6.45, 7) is 2.10. The number of tetrazole rings is 1. The van der Waals surface area contributed by atoms with Crippen molar-refractivity contribution in [3.63, 3.8) is 0 Å². The van der Waals surface area contributed by atoms with Crippen LogP contribution >= 0.6 is 0 Å². The number of aromatic nitrogens is 4. The fourth-order valence-corrected chi connectivity index (χ4v) is 4.03. The molecule has 0 spiro atoms. The first-order valence-electron chi connectivity index (χ1n) is 10.1. The van der Waals surface area contributed by atoms with E-state index in [0.717, 1.165) is 48.6 Å². The van der Waals surface area contributed by atoms with Gasteiger partial charge in [-0.15, -0.1) is 5.10 Å². The molecule has 1 aromatic heterocycles. The predicted octanol–water partition coefficient (Wildman–Crippen LogP) is 2.02. The maximum absolute atomic E-state index is 11.6. The van der Waals surface area contributed by atoms with Crippen molar-refractivity contribution in [3.05, 3.63) is 71.5 Å². The van der Waals surface area contributed by atoms with E-state index < -0.39 is 0 Å². The molecule has 156 valence electrons. The Morgan fingerprint density at radius 1 is 1.13 bits per heavy atom. The normalized spacial score (nSPS) is 16.3. The van der Waals surface area contributed by atoms with Crippen LogP contribution in [0.15, 0.2) is 54.6 Å². The van der Waals surface area contributed by atoms with Gasteiger partial charge in [-0.05, 0) is 59.6 Å². The summed E-state index contributed by atoms with van der Waals surface area (Å²) in [5, 5.41) is 12.6. The lowest BCUT2D eigenvalue weighted by molar-refractivity contribution is -0.123. The minimum Gasteiger partial charge on any atom is -0.497 e. The fourth-order valence-electron chi connectivity index (χ4n) is 4.03. The molecular formula is C22H26N6O2. The number of carbonyl (C=O) groups excluding carboxylic acids is 1. The SMILES string of the molecule is COc1ccc(C(c2nnnn2Cc2ccccc2)N2CCC(C(N)=O)CC2)cc1. The third-order valence-electron chi connectivity index (χ3n) is 5.71. The van der Waals surface area contributed by atoms with Gasteiger partial charge in [-0.25, -0.2) is 4.68 Å². The average Bonchev–Trinajstić information content (AvgIpc) is 3.23. The Morgan fingerprint density at radius 2 is 1.83 bits per heavy atom. The first kappa shape index (κ1) is 20.0. The summed E-state index contributed by atoms with van der Waals surface area (Å²) in [6, 6.07) is 18.0. The second kappa shape index (κ2) is 9.04. The van der Waals surface area contributed by atoms with Crippen LogP contribution in [0.4, 0.5) is 0 Å². The molecule has 1 unspecified atom stereocenters. The standard InChI is InChI=1S/C22H26N6O2/c1-30-19-9-7-17(8-10-19)20(27-13-11-18(12-14-27)21(23)29)22-24-25-26-28(22)15-16-5-3-2-4-6-16/h2-10,18,20H,11-15H2,1H3,(H2,23,29). The lowest BCUT2D eigenvalue weighted by Crippen LogP contribution is -2.41. The van der Waals surface area contributed by atoms with E-state index in [9.17, 15) is 4.79 Å². The smallest absolute Gasteiger partial charge is 0.220 e. The van der Waals surface area contributed by atoms with Crippen LogP contribution in [0.1, 0.15) is 35.8 Å². The average molecular weight is 406 g/mol. The van der Waals surface area contributed by atoms with Gasteiger partial charge in [0, 0.05) is 5.92 Å². The van der Waals surface area contributed by atoms with Crippen LogP contribution < -0.4 is 10.5 Å². The van der Waals surface area contributed by atoms with Gasteiger partial charge in [0.05, 0.1) is 19.7 Å². The Hall–Kier alpha value is -3.26. The van der Waals surface area contributed by atoms with E-state index in [2.05, 4.69) is 32.6 Å². The summed E-state index contributed by atoms with van der Waals surface area (Å²) in [6.07, 6.45) is 1.48. The van der Waals surface area contributed by atoms with Crippen LogP contribution in [-0.2, 0) is 11.3 Å². The van der Waals surface area contributed by atoms with Gasteiger partial charge >= 0.3 is 0 Å². The van der Waals surface area contributed by atoms with Crippen molar-refractivity contribution in [2.45, 2.75) is 25.4 Å². The molecule has 3 aromatic rings. The molecule has 0 radical (unpaired) electrons. The lowest BCUT2D eigenvalue weighted by Gasteiger charge is -2.36. The first-order valence-corrected chi connectivity index (χ1v) is 10.1. The number of rotatable bonds is 7. The molecule has 1 aliphatic heterocycles. The molecule has 0 saturated carbocycles. The summed E-state index contributed by atoms with van der Waals surface area (Å²) >= 11 is 0. The van der Waals surface area contributed by atoms with E-state index in [0.29, 0.717) is 6.54 Å². The Labute approximate surface area is 175 Å². The van der Waals surface area contributed by atoms with Gasteiger partial charge in [0.15, 0.2) is 5.82 Å². The number of methoxy groups -OCH3 is 1. The summed E-state index contributed by atoms with van der Waals surface area (Å²) < 4.78 is 7.17. The monoisotopic (exact) mass is 406 g/mol. The van der Waals surface area contributed by atoms with E-state index in [1.807, 2.05) is 47.1 Å².